The van der Waals surface area contributed by atoms with E-state index in [2.05, 4.69) is 14.6 Å². The third-order valence-corrected chi connectivity index (χ3v) is 5.31. The number of aromatic nitrogens is 1. The van der Waals surface area contributed by atoms with Gasteiger partial charge in [-0.1, -0.05) is 36.4 Å². The van der Waals surface area contributed by atoms with Gasteiger partial charge in [-0.05, 0) is 54.8 Å². The molecule has 0 fully saturated rings. The van der Waals surface area contributed by atoms with Crippen molar-refractivity contribution in [3.63, 3.8) is 0 Å². The lowest BCUT2D eigenvalue weighted by molar-refractivity contribution is 0.601. The fourth-order valence-corrected chi connectivity index (χ4v) is 3.58. The predicted octanol–water partition coefficient (Wildman–Crippen LogP) is 4.72. The van der Waals surface area contributed by atoms with Gasteiger partial charge in [-0.3, -0.25) is 4.72 Å². The molecule has 0 spiro atoms. The Morgan fingerprint density at radius 3 is 2.27 bits per heavy atom. The number of sulfonamides is 1. The van der Waals surface area contributed by atoms with E-state index in [1.165, 1.54) is 0 Å². The molecule has 0 aliphatic heterocycles. The number of benzene rings is 2. The van der Waals surface area contributed by atoms with Crippen LogP contribution in [0.5, 0.6) is 0 Å². The third-order valence-electron chi connectivity index (χ3n) is 3.94. The van der Waals surface area contributed by atoms with Gasteiger partial charge < -0.3 is 0 Å². The van der Waals surface area contributed by atoms with Crippen LogP contribution < -0.4 is 4.72 Å². The maximum absolute atomic E-state index is 12.5. The van der Waals surface area contributed by atoms with E-state index in [-0.39, 0.29) is 4.90 Å². The van der Waals surface area contributed by atoms with Crippen molar-refractivity contribution in [2.75, 3.05) is 4.72 Å². The lowest BCUT2D eigenvalue weighted by Gasteiger charge is -2.09. The Balaban J connectivity index is 1.87. The summed E-state index contributed by atoms with van der Waals surface area (Å²) < 4.78 is 27.5. The highest BCUT2D eigenvalue weighted by Crippen LogP contribution is 2.27. The van der Waals surface area contributed by atoms with Gasteiger partial charge >= 0.3 is 0 Å². The second-order valence-corrected chi connectivity index (χ2v) is 7.59. The normalized spacial score (nSPS) is 11.0. The molecule has 2 aromatic carbocycles. The lowest BCUT2D eigenvalue weighted by Crippen LogP contribution is -2.14. The van der Waals surface area contributed by atoms with E-state index in [9.17, 15) is 8.42 Å². The minimum Gasteiger partial charge on any atom is -0.263 e. The van der Waals surface area contributed by atoms with E-state index in [0.717, 1.165) is 22.4 Å². The van der Waals surface area contributed by atoms with Gasteiger partial charge in [0.2, 0.25) is 0 Å². The monoisotopic (exact) mass is 363 g/mol. The van der Waals surface area contributed by atoms with Crippen LogP contribution in [0.15, 0.2) is 65.6 Å². The first kappa shape index (κ1) is 17.6. The van der Waals surface area contributed by atoms with Crippen LogP contribution in [0.3, 0.4) is 0 Å². The Morgan fingerprint density at radius 2 is 1.65 bits per heavy atom. The van der Waals surface area contributed by atoms with Crippen molar-refractivity contribution >= 4 is 21.5 Å². The molecular formula is C20H17N3O2S. The molecule has 3 aromatic rings. The summed E-state index contributed by atoms with van der Waals surface area (Å²) in [5, 5.41) is 0. The fraction of sp³-hybridized carbons (Fsp3) is 0.100. The highest BCUT2D eigenvalue weighted by Gasteiger charge is 2.15. The van der Waals surface area contributed by atoms with Gasteiger partial charge in [-0.25, -0.2) is 18.2 Å². The van der Waals surface area contributed by atoms with E-state index >= 15 is 0 Å². The van der Waals surface area contributed by atoms with E-state index < -0.39 is 10.0 Å². The second kappa shape index (κ2) is 6.98. The molecule has 5 nitrogen and oxygen atoms in total. The van der Waals surface area contributed by atoms with Crippen LogP contribution >= 0.6 is 0 Å². The molecule has 1 heterocycles. The number of pyridine rings is 1. The zero-order valence-electron chi connectivity index (χ0n) is 14.4. The molecular weight excluding hydrogens is 346 g/mol. The molecule has 0 radical (unpaired) electrons. The molecule has 1 N–H and O–H groups in total. The van der Waals surface area contributed by atoms with Gasteiger partial charge in [0.25, 0.3) is 10.0 Å². The third kappa shape index (κ3) is 3.73. The SMILES string of the molecule is [C-]#[N+]c1ccc(-c2ccc(S(=O)(=O)Nc3cccc(C)n3)cc2)cc1C. The van der Waals surface area contributed by atoms with Crippen molar-refractivity contribution in [3.05, 3.63) is 83.3 Å². The standard InChI is InChI=1S/C20H17N3O2S/c1-14-13-17(9-12-19(14)21-3)16-7-10-18(11-8-16)26(24,25)23-20-6-4-5-15(2)22-20/h4-13H,1-2H3,(H,22,23). The maximum Gasteiger partial charge on any atom is 0.263 e. The molecule has 0 amide bonds. The molecule has 0 saturated carbocycles. The highest BCUT2D eigenvalue weighted by atomic mass is 32.2. The zero-order chi connectivity index (χ0) is 18.7. The van der Waals surface area contributed by atoms with Crippen molar-refractivity contribution in [2.45, 2.75) is 18.7 Å². The van der Waals surface area contributed by atoms with Crippen molar-refractivity contribution < 1.29 is 8.42 Å². The summed E-state index contributed by atoms with van der Waals surface area (Å²) in [7, 11) is -3.70. The van der Waals surface area contributed by atoms with Gasteiger partial charge in [-0.2, -0.15) is 0 Å². The van der Waals surface area contributed by atoms with Crippen LogP contribution in [-0.4, -0.2) is 13.4 Å². The summed E-state index contributed by atoms with van der Waals surface area (Å²) in [5.74, 6) is 0.291. The molecule has 0 atom stereocenters. The van der Waals surface area contributed by atoms with Gasteiger partial charge in [0.1, 0.15) is 5.82 Å². The Morgan fingerprint density at radius 1 is 0.962 bits per heavy atom. The number of nitrogens with zero attached hydrogens (tertiary/aromatic N) is 2. The summed E-state index contributed by atoms with van der Waals surface area (Å²) in [6.07, 6.45) is 0. The van der Waals surface area contributed by atoms with Crippen LogP contribution in [0, 0.1) is 20.4 Å². The average molecular weight is 363 g/mol. The van der Waals surface area contributed by atoms with Crippen LogP contribution in [0.4, 0.5) is 11.5 Å². The molecule has 0 aliphatic carbocycles. The van der Waals surface area contributed by atoms with E-state index in [0.29, 0.717) is 11.5 Å². The number of aryl methyl sites for hydroxylation is 2. The predicted molar refractivity (Wildman–Crippen MR) is 103 cm³/mol. The average Bonchev–Trinajstić information content (AvgIpc) is 2.61. The number of hydrogen-bond acceptors (Lipinski definition) is 3. The number of nitrogens with one attached hydrogen (secondary N) is 1. The second-order valence-electron chi connectivity index (χ2n) is 5.91. The molecule has 0 unspecified atom stereocenters. The van der Waals surface area contributed by atoms with Crippen LogP contribution in [0.25, 0.3) is 16.0 Å². The Kier molecular flexibility index (Phi) is 4.74. The summed E-state index contributed by atoms with van der Waals surface area (Å²) in [4.78, 5) is 7.78. The highest BCUT2D eigenvalue weighted by molar-refractivity contribution is 7.92. The topological polar surface area (TPSA) is 63.4 Å². The summed E-state index contributed by atoms with van der Waals surface area (Å²) in [5.41, 5.74) is 4.06. The van der Waals surface area contributed by atoms with Gasteiger partial charge in [-0.15, -0.1) is 0 Å². The van der Waals surface area contributed by atoms with Crippen LogP contribution in [0.1, 0.15) is 11.3 Å². The molecule has 26 heavy (non-hydrogen) atoms. The van der Waals surface area contributed by atoms with Gasteiger partial charge in [0, 0.05) is 5.69 Å². The first-order valence-electron chi connectivity index (χ1n) is 7.94. The first-order valence-corrected chi connectivity index (χ1v) is 9.42. The lowest BCUT2D eigenvalue weighted by atomic mass is 10.0. The largest absolute Gasteiger partial charge is 0.263 e. The van der Waals surface area contributed by atoms with E-state index in [4.69, 9.17) is 6.57 Å². The molecule has 1 aromatic heterocycles. The minimum absolute atomic E-state index is 0.166. The van der Waals surface area contributed by atoms with Crippen molar-refractivity contribution in [3.8, 4) is 11.1 Å². The molecule has 130 valence electrons. The molecule has 0 saturated heterocycles. The minimum atomic E-state index is -3.70. The van der Waals surface area contributed by atoms with Crippen molar-refractivity contribution in [1.29, 1.82) is 0 Å². The molecule has 0 bridgehead atoms. The van der Waals surface area contributed by atoms with E-state index in [1.807, 2.05) is 19.1 Å². The van der Waals surface area contributed by atoms with Crippen LogP contribution in [-0.2, 0) is 10.0 Å². The Labute approximate surface area is 153 Å². The maximum atomic E-state index is 12.5. The molecule has 3 rings (SSSR count). The zero-order valence-corrected chi connectivity index (χ0v) is 15.2. The Hall–Kier alpha value is -3.17. The van der Waals surface area contributed by atoms with Crippen molar-refractivity contribution in [1.82, 2.24) is 4.98 Å². The fourth-order valence-electron chi connectivity index (χ4n) is 2.58. The number of anilines is 1. The first-order chi connectivity index (χ1) is 12.4. The van der Waals surface area contributed by atoms with Gasteiger partial charge in [0.05, 0.1) is 11.5 Å². The van der Waals surface area contributed by atoms with Crippen molar-refractivity contribution in [2.24, 2.45) is 0 Å². The molecule has 6 heteroatoms. The number of rotatable bonds is 4. The summed E-state index contributed by atoms with van der Waals surface area (Å²) >= 11 is 0. The Bertz CT molecular complexity index is 1100. The van der Waals surface area contributed by atoms with E-state index in [1.54, 1.807) is 55.5 Å². The quantitative estimate of drug-likeness (QED) is 0.682. The molecule has 0 aliphatic rings. The summed E-state index contributed by atoms with van der Waals surface area (Å²) in [6.45, 7) is 10.8. The van der Waals surface area contributed by atoms with Crippen LogP contribution in [0.2, 0.25) is 0 Å². The van der Waals surface area contributed by atoms with Gasteiger partial charge in [0.15, 0.2) is 5.69 Å². The number of hydrogen-bond donors (Lipinski definition) is 1. The summed E-state index contributed by atoms with van der Waals surface area (Å²) in [6, 6.07) is 17.3. The smallest absolute Gasteiger partial charge is 0.263 e.